The average Bonchev–Trinajstić information content (AvgIpc) is 3.02. The second kappa shape index (κ2) is 6.74. The maximum absolute atomic E-state index is 9.90. The van der Waals surface area contributed by atoms with Crippen molar-refractivity contribution < 1.29 is 0 Å². The van der Waals surface area contributed by atoms with Gasteiger partial charge in [-0.05, 0) is 56.7 Å². The summed E-state index contributed by atoms with van der Waals surface area (Å²) in [4.78, 5) is 7.32. The minimum Gasteiger partial charge on any atom is -0.357 e. The van der Waals surface area contributed by atoms with Crippen molar-refractivity contribution >= 4 is 22.5 Å². The molecule has 27 heavy (non-hydrogen) atoms. The van der Waals surface area contributed by atoms with Crippen LogP contribution in [0.2, 0.25) is 0 Å². The van der Waals surface area contributed by atoms with Crippen LogP contribution in [0.5, 0.6) is 0 Å². The number of aromatic nitrogens is 2. The molecule has 0 bridgehead atoms. The summed E-state index contributed by atoms with van der Waals surface area (Å²) in [6, 6.07) is 10.6. The Morgan fingerprint density at radius 1 is 1.30 bits per heavy atom. The van der Waals surface area contributed by atoms with E-state index >= 15 is 0 Å². The molecule has 0 atom stereocenters. The molecule has 0 N–H and O–H groups in total. The largest absolute Gasteiger partial charge is 0.357 e. The molecular weight excluding hydrogens is 332 g/mol. The van der Waals surface area contributed by atoms with E-state index in [0.717, 1.165) is 53.2 Å². The summed E-state index contributed by atoms with van der Waals surface area (Å²) in [6.07, 6.45) is 3.17. The number of benzene rings is 1. The summed E-state index contributed by atoms with van der Waals surface area (Å²) in [7, 11) is 0. The van der Waals surface area contributed by atoms with Gasteiger partial charge in [0.25, 0.3) is 0 Å². The number of allylic oxidation sites excluding steroid dienone is 1. The first kappa shape index (κ1) is 17.6. The lowest BCUT2D eigenvalue weighted by molar-refractivity contribution is 0.435. The number of hydrogen-bond acceptors (Lipinski definition) is 3. The lowest BCUT2D eigenvalue weighted by Crippen LogP contribution is -2.35. The monoisotopic (exact) mass is 358 g/mol. The van der Waals surface area contributed by atoms with E-state index in [-0.39, 0.29) is 0 Å². The van der Waals surface area contributed by atoms with Gasteiger partial charge in [-0.15, -0.1) is 0 Å². The van der Waals surface area contributed by atoms with Crippen LogP contribution in [0.25, 0.3) is 16.7 Å². The molecule has 1 saturated heterocycles. The Kier molecular flexibility index (Phi) is 4.39. The Morgan fingerprint density at radius 2 is 2.00 bits per heavy atom. The van der Waals surface area contributed by atoms with Crippen LogP contribution in [0, 0.1) is 24.2 Å². The minimum atomic E-state index is 0.677. The molecule has 0 saturated carbocycles. The quantitative estimate of drug-likeness (QED) is 0.617. The lowest BCUT2D eigenvalue weighted by Gasteiger charge is -2.35. The summed E-state index contributed by atoms with van der Waals surface area (Å²) < 4.78 is 2.22. The fourth-order valence-corrected chi connectivity index (χ4v) is 4.23. The van der Waals surface area contributed by atoms with Gasteiger partial charge >= 0.3 is 0 Å². The predicted molar refractivity (Wildman–Crippen MR) is 111 cm³/mol. The van der Waals surface area contributed by atoms with Gasteiger partial charge in [-0.2, -0.15) is 5.26 Å². The van der Waals surface area contributed by atoms with E-state index in [1.165, 1.54) is 24.2 Å². The molecular formula is C23H26N4. The van der Waals surface area contributed by atoms with Crippen molar-refractivity contribution in [2.75, 3.05) is 18.0 Å². The van der Waals surface area contributed by atoms with Crippen LogP contribution in [-0.2, 0) is 6.42 Å². The van der Waals surface area contributed by atoms with Crippen molar-refractivity contribution in [2.24, 2.45) is 5.92 Å². The number of rotatable bonds is 3. The first-order chi connectivity index (χ1) is 13.0. The second-order valence-electron chi connectivity index (χ2n) is 7.98. The van der Waals surface area contributed by atoms with E-state index in [9.17, 15) is 5.26 Å². The third-order valence-electron chi connectivity index (χ3n) is 5.77. The van der Waals surface area contributed by atoms with Crippen molar-refractivity contribution in [3.63, 3.8) is 0 Å². The SMILES string of the molecule is C=C(C)Cc1c(C)c(C#N)c2nc3ccccc3n2c1N1CCC(C)CC1. The first-order valence-corrected chi connectivity index (χ1v) is 9.73. The highest BCUT2D eigenvalue weighted by molar-refractivity contribution is 5.86. The standard InChI is InChI=1S/C23H26N4/c1-15(2)13-18-17(4)19(14-24)22-25-20-7-5-6-8-21(20)27(22)23(18)26-11-9-16(3)10-12-26/h5-8,16H,1,9-13H2,2-4H3. The molecule has 4 nitrogen and oxygen atoms in total. The number of imidazole rings is 1. The summed E-state index contributed by atoms with van der Waals surface area (Å²) in [5, 5.41) is 9.90. The van der Waals surface area contributed by atoms with E-state index < -0.39 is 0 Å². The van der Waals surface area contributed by atoms with Gasteiger partial charge in [-0.1, -0.05) is 31.2 Å². The molecule has 1 aliphatic heterocycles. The summed E-state index contributed by atoms with van der Waals surface area (Å²) >= 11 is 0. The third kappa shape index (κ3) is 2.88. The highest BCUT2D eigenvalue weighted by Gasteiger charge is 2.26. The lowest BCUT2D eigenvalue weighted by atomic mass is 9.95. The number of pyridine rings is 1. The van der Waals surface area contributed by atoms with Gasteiger partial charge in [0.15, 0.2) is 5.65 Å². The number of anilines is 1. The smallest absolute Gasteiger partial charge is 0.157 e. The van der Waals surface area contributed by atoms with Crippen LogP contribution < -0.4 is 4.90 Å². The Hall–Kier alpha value is -2.80. The zero-order valence-electron chi connectivity index (χ0n) is 16.4. The van der Waals surface area contributed by atoms with E-state index in [2.05, 4.69) is 48.8 Å². The van der Waals surface area contributed by atoms with Gasteiger partial charge in [-0.3, -0.25) is 4.40 Å². The summed E-state index contributed by atoms with van der Waals surface area (Å²) in [5.41, 5.74) is 6.82. The van der Waals surface area contributed by atoms with E-state index in [0.29, 0.717) is 5.56 Å². The fourth-order valence-electron chi connectivity index (χ4n) is 4.23. The topological polar surface area (TPSA) is 44.3 Å². The van der Waals surface area contributed by atoms with Crippen LogP contribution in [0.3, 0.4) is 0 Å². The van der Waals surface area contributed by atoms with Crippen LogP contribution in [0.1, 0.15) is 43.4 Å². The zero-order valence-corrected chi connectivity index (χ0v) is 16.4. The number of piperidine rings is 1. The number of hydrogen-bond donors (Lipinski definition) is 0. The highest BCUT2D eigenvalue weighted by Crippen LogP contribution is 2.36. The summed E-state index contributed by atoms with van der Waals surface area (Å²) in [6.45, 7) is 12.7. The molecule has 1 fully saturated rings. The minimum absolute atomic E-state index is 0.677. The third-order valence-corrected chi connectivity index (χ3v) is 5.77. The van der Waals surface area contributed by atoms with Crippen molar-refractivity contribution in [2.45, 2.75) is 40.0 Å². The van der Waals surface area contributed by atoms with Gasteiger partial charge in [0.1, 0.15) is 11.9 Å². The molecule has 3 aromatic rings. The van der Waals surface area contributed by atoms with Crippen molar-refractivity contribution in [1.82, 2.24) is 9.38 Å². The molecule has 138 valence electrons. The zero-order chi connectivity index (χ0) is 19.1. The predicted octanol–water partition coefficient (Wildman–Crippen LogP) is 5.02. The molecule has 2 aromatic heterocycles. The number of fused-ring (bicyclic) bond motifs is 3. The van der Waals surface area contributed by atoms with Crippen molar-refractivity contribution in [3.05, 3.63) is 53.1 Å². The Bertz CT molecular complexity index is 1080. The molecule has 1 aliphatic rings. The summed E-state index contributed by atoms with van der Waals surface area (Å²) in [5.74, 6) is 1.96. The molecule has 4 heteroatoms. The Morgan fingerprint density at radius 3 is 2.67 bits per heavy atom. The molecule has 0 aliphatic carbocycles. The fraction of sp³-hybridized carbons (Fsp3) is 0.391. The van der Waals surface area contributed by atoms with Gasteiger partial charge in [0.2, 0.25) is 0 Å². The van der Waals surface area contributed by atoms with Crippen LogP contribution in [-0.4, -0.2) is 22.5 Å². The molecule has 1 aromatic carbocycles. The molecule has 3 heterocycles. The molecule has 0 unspecified atom stereocenters. The van der Waals surface area contributed by atoms with Crippen LogP contribution in [0.4, 0.5) is 5.82 Å². The van der Waals surface area contributed by atoms with Gasteiger partial charge in [-0.25, -0.2) is 4.98 Å². The van der Waals surface area contributed by atoms with Crippen molar-refractivity contribution in [1.29, 1.82) is 5.26 Å². The first-order valence-electron chi connectivity index (χ1n) is 9.73. The van der Waals surface area contributed by atoms with Gasteiger partial charge < -0.3 is 4.90 Å². The van der Waals surface area contributed by atoms with Gasteiger partial charge in [0.05, 0.1) is 16.6 Å². The maximum Gasteiger partial charge on any atom is 0.157 e. The Balaban J connectivity index is 2.10. The van der Waals surface area contributed by atoms with E-state index in [1.54, 1.807) is 0 Å². The molecule has 4 rings (SSSR count). The normalized spacial score (nSPS) is 15.4. The Labute approximate surface area is 160 Å². The molecule has 0 spiro atoms. The number of nitrogens with zero attached hydrogens (tertiary/aromatic N) is 4. The van der Waals surface area contributed by atoms with Crippen LogP contribution in [0.15, 0.2) is 36.4 Å². The van der Waals surface area contributed by atoms with E-state index in [1.807, 2.05) is 18.2 Å². The second-order valence-corrected chi connectivity index (χ2v) is 7.98. The highest BCUT2D eigenvalue weighted by atomic mass is 15.2. The number of nitriles is 1. The van der Waals surface area contributed by atoms with Crippen LogP contribution >= 0.6 is 0 Å². The molecule has 0 amide bonds. The van der Waals surface area contributed by atoms with E-state index in [4.69, 9.17) is 4.98 Å². The molecule has 0 radical (unpaired) electrons. The maximum atomic E-state index is 9.90. The average molecular weight is 358 g/mol. The number of para-hydroxylation sites is 2. The van der Waals surface area contributed by atoms with Crippen molar-refractivity contribution in [3.8, 4) is 6.07 Å². The van der Waals surface area contributed by atoms with Gasteiger partial charge in [0, 0.05) is 18.7 Å².